The van der Waals surface area contributed by atoms with Crippen LogP contribution in [-0.4, -0.2) is 39.5 Å². The van der Waals surface area contributed by atoms with Crippen molar-refractivity contribution in [3.8, 4) is 5.69 Å². The molecule has 2 heterocycles. The highest BCUT2D eigenvalue weighted by Gasteiger charge is 2.30. The van der Waals surface area contributed by atoms with Crippen molar-refractivity contribution in [2.75, 3.05) is 13.1 Å². The number of hydrogen-bond donors (Lipinski definition) is 0. The van der Waals surface area contributed by atoms with Gasteiger partial charge in [-0.3, -0.25) is 9.59 Å². The number of likely N-dealkylation sites (tertiary alicyclic amines) is 1. The molecule has 1 aliphatic rings. The van der Waals surface area contributed by atoms with E-state index in [1.54, 1.807) is 15.6 Å². The number of nitrogens with zero attached hydrogens (tertiary/aromatic N) is 3. The highest BCUT2D eigenvalue weighted by molar-refractivity contribution is 5.98. The zero-order chi connectivity index (χ0) is 21.3. The molecule has 4 rings (SSSR count). The lowest BCUT2D eigenvalue weighted by molar-refractivity contribution is 0.0644. The zero-order valence-corrected chi connectivity index (χ0v) is 16.5. The number of ketones is 1. The first kappa shape index (κ1) is 19.9. The molecule has 1 aliphatic heterocycles. The molecule has 30 heavy (non-hydrogen) atoms. The van der Waals surface area contributed by atoms with Crippen molar-refractivity contribution in [2.24, 2.45) is 5.92 Å². The van der Waals surface area contributed by atoms with Crippen LogP contribution in [0.2, 0.25) is 0 Å². The fourth-order valence-corrected chi connectivity index (χ4v) is 3.82. The largest absolute Gasteiger partial charge is 0.337 e. The number of aromatic nitrogens is 2. The maximum atomic E-state index is 13.9. The second-order valence-electron chi connectivity index (χ2n) is 7.47. The van der Waals surface area contributed by atoms with Crippen LogP contribution in [0.5, 0.6) is 0 Å². The molecule has 3 aromatic rings. The molecule has 5 nitrogen and oxygen atoms in total. The standard InChI is InChI=1S/C23H21F2N3O2/c1-15-13-21(26-28(15)18-5-3-2-4-6-18)23(30)27-11-9-16(10-12-27)22(29)19-14-17(24)7-8-20(19)25/h2-8,13-14,16H,9-12H2,1H3. The zero-order valence-electron chi connectivity index (χ0n) is 16.5. The lowest BCUT2D eigenvalue weighted by Gasteiger charge is -2.31. The summed E-state index contributed by atoms with van der Waals surface area (Å²) in [6.07, 6.45) is 0.803. The van der Waals surface area contributed by atoms with Crippen LogP contribution < -0.4 is 0 Å². The minimum absolute atomic E-state index is 0.199. The van der Waals surface area contributed by atoms with E-state index in [4.69, 9.17) is 0 Å². The summed E-state index contributed by atoms with van der Waals surface area (Å²) in [5, 5.41) is 4.45. The molecule has 0 bridgehead atoms. The van der Waals surface area contributed by atoms with E-state index in [1.165, 1.54) is 0 Å². The molecule has 0 atom stereocenters. The number of amides is 1. The quantitative estimate of drug-likeness (QED) is 0.607. The molecule has 0 radical (unpaired) electrons. The lowest BCUT2D eigenvalue weighted by atomic mass is 9.88. The molecule has 154 valence electrons. The molecular weight excluding hydrogens is 388 g/mol. The number of carbonyl (C=O) groups is 2. The Morgan fingerprint density at radius 1 is 1.00 bits per heavy atom. The number of aryl methyl sites for hydroxylation is 1. The van der Waals surface area contributed by atoms with Gasteiger partial charge in [0.25, 0.3) is 5.91 Å². The van der Waals surface area contributed by atoms with Gasteiger partial charge in [0.1, 0.15) is 11.6 Å². The van der Waals surface area contributed by atoms with Crippen molar-refractivity contribution in [3.63, 3.8) is 0 Å². The molecule has 1 saturated heterocycles. The first-order valence-corrected chi connectivity index (χ1v) is 9.84. The number of Topliss-reactive ketones (excluding diaryl/α,β-unsaturated/α-hetero) is 1. The molecule has 0 aliphatic carbocycles. The Balaban J connectivity index is 1.44. The summed E-state index contributed by atoms with van der Waals surface area (Å²) in [5.74, 6) is -2.41. The molecule has 0 unspecified atom stereocenters. The maximum absolute atomic E-state index is 13.9. The lowest BCUT2D eigenvalue weighted by Crippen LogP contribution is -2.40. The van der Waals surface area contributed by atoms with Gasteiger partial charge in [-0.2, -0.15) is 5.10 Å². The molecule has 1 amide bonds. The van der Waals surface area contributed by atoms with Crippen molar-refractivity contribution >= 4 is 11.7 Å². The fourth-order valence-electron chi connectivity index (χ4n) is 3.82. The monoisotopic (exact) mass is 409 g/mol. The Morgan fingerprint density at radius 2 is 1.70 bits per heavy atom. The van der Waals surface area contributed by atoms with Crippen LogP contribution in [0.15, 0.2) is 54.6 Å². The molecule has 0 N–H and O–H groups in total. The average molecular weight is 409 g/mol. The Bertz CT molecular complexity index is 1090. The Kier molecular flexibility index (Phi) is 5.44. The summed E-state index contributed by atoms with van der Waals surface area (Å²) in [6.45, 7) is 2.61. The van der Waals surface area contributed by atoms with Gasteiger partial charge < -0.3 is 4.90 Å². The highest BCUT2D eigenvalue weighted by atomic mass is 19.1. The third kappa shape index (κ3) is 3.87. The van der Waals surface area contributed by atoms with Gasteiger partial charge in [0, 0.05) is 24.7 Å². The molecule has 1 fully saturated rings. The first-order chi connectivity index (χ1) is 14.4. The SMILES string of the molecule is Cc1cc(C(=O)N2CCC(C(=O)c3cc(F)ccc3F)CC2)nn1-c1ccccc1. The van der Waals surface area contributed by atoms with E-state index in [1.807, 2.05) is 37.3 Å². The van der Waals surface area contributed by atoms with E-state index < -0.39 is 23.3 Å². The smallest absolute Gasteiger partial charge is 0.274 e. The summed E-state index contributed by atoms with van der Waals surface area (Å²) in [5.41, 5.74) is 1.83. The summed E-state index contributed by atoms with van der Waals surface area (Å²) in [7, 11) is 0. The topological polar surface area (TPSA) is 55.2 Å². The highest BCUT2D eigenvalue weighted by Crippen LogP contribution is 2.25. The summed E-state index contributed by atoms with van der Waals surface area (Å²) in [6, 6.07) is 14.2. The first-order valence-electron chi connectivity index (χ1n) is 9.84. The van der Waals surface area contributed by atoms with E-state index in [0.717, 1.165) is 29.6 Å². The van der Waals surface area contributed by atoms with E-state index in [-0.39, 0.29) is 11.5 Å². The summed E-state index contributed by atoms with van der Waals surface area (Å²) in [4.78, 5) is 27.2. The number of hydrogen-bond acceptors (Lipinski definition) is 3. The Hall–Kier alpha value is -3.35. The van der Waals surface area contributed by atoms with Gasteiger partial charge >= 0.3 is 0 Å². The van der Waals surface area contributed by atoms with Crippen LogP contribution in [0.3, 0.4) is 0 Å². The minimum Gasteiger partial charge on any atom is -0.337 e. The van der Waals surface area contributed by atoms with Crippen molar-refractivity contribution in [3.05, 3.63) is 83.2 Å². The van der Waals surface area contributed by atoms with E-state index in [0.29, 0.717) is 31.6 Å². The number of benzene rings is 2. The predicted molar refractivity (Wildman–Crippen MR) is 108 cm³/mol. The molecule has 0 spiro atoms. The fraction of sp³-hybridized carbons (Fsp3) is 0.261. The van der Waals surface area contributed by atoms with E-state index in [2.05, 4.69) is 5.10 Å². The van der Waals surface area contributed by atoms with Crippen molar-refractivity contribution < 1.29 is 18.4 Å². The Labute approximate surface area is 172 Å². The van der Waals surface area contributed by atoms with Crippen molar-refractivity contribution in [2.45, 2.75) is 19.8 Å². The second-order valence-corrected chi connectivity index (χ2v) is 7.47. The third-order valence-electron chi connectivity index (χ3n) is 5.45. The van der Waals surface area contributed by atoms with Crippen LogP contribution in [0.4, 0.5) is 8.78 Å². The van der Waals surface area contributed by atoms with E-state index in [9.17, 15) is 18.4 Å². The van der Waals surface area contributed by atoms with Gasteiger partial charge in [-0.25, -0.2) is 13.5 Å². The van der Waals surface area contributed by atoms with Gasteiger partial charge in [-0.05, 0) is 56.2 Å². The number of piperidine rings is 1. The van der Waals surface area contributed by atoms with Gasteiger partial charge in [0.05, 0.1) is 11.3 Å². The predicted octanol–water partition coefficient (Wildman–Crippen LogP) is 4.19. The summed E-state index contributed by atoms with van der Waals surface area (Å²) < 4.78 is 29.0. The van der Waals surface area contributed by atoms with Crippen molar-refractivity contribution in [1.82, 2.24) is 14.7 Å². The second kappa shape index (κ2) is 8.18. The van der Waals surface area contributed by atoms with Crippen LogP contribution in [0.25, 0.3) is 5.69 Å². The van der Waals surface area contributed by atoms with Gasteiger partial charge in [0.15, 0.2) is 11.5 Å². The minimum atomic E-state index is -0.721. The van der Waals surface area contributed by atoms with Gasteiger partial charge in [-0.15, -0.1) is 0 Å². The van der Waals surface area contributed by atoms with Crippen molar-refractivity contribution in [1.29, 1.82) is 0 Å². The summed E-state index contributed by atoms with van der Waals surface area (Å²) >= 11 is 0. The molecular formula is C23H21F2N3O2. The van der Waals surface area contributed by atoms with Crippen LogP contribution in [0, 0.1) is 24.5 Å². The third-order valence-corrected chi connectivity index (χ3v) is 5.45. The van der Waals surface area contributed by atoms with Crippen LogP contribution in [-0.2, 0) is 0 Å². The molecule has 1 aromatic heterocycles. The maximum Gasteiger partial charge on any atom is 0.274 e. The molecule has 0 saturated carbocycles. The number of halogens is 2. The number of para-hydroxylation sites is 1. The van der Waals surface area contributed by atoms with E-state index >= 15 is 0 Å². The van der Waals surface area contributed by atoms with Gasteiger partial charge in [-0.1, -0.05) is 18.2 Å². The van der Waals surface area contributed by atoms with Gasteiger partial charge in [0.2, 0.25) is 0 Å². The Morgan fingerprint density at radius 3 is 2.40 bits per heavy atom. The molecule has 7 heteroatoms. The number of rotatable bonds is 4. The van der Waals surface area contributed by atoms with Crippen LogP contribution >= 0.6 is 0 Å². The normalized spacial score (nSPS) is 14.7. The average Bonchev–Trinajstić information content (AvgIpc) is 3.17. The molecule has 2 aromatic carbocycles. The number of carbonyl (C=O) groups excluding carboxylic acids is 2. The van der Waals surface area contributed by atoms with Crippen LogP contribution in [0.1, 0.15) is 39.4 Å².